The number of fused-ring (bicyclic) bond motifs is 2. The second-order valence-electron chi connectivity index (χ2n) is 14.6. The first kappa shape index (κ1) is 37.4. The molecule has 0 spiro atoms. The number of nitrogens with zero attached hydrogens (tertiary/aromatic N) is 1. The Bertz CT molecular complexity index is 1810. The fraction of sp³-hybridized carbons (Fsp3) is 0.410. The summed E-state index contributed by atoms with van der Waals surface area (Å²) in [5, 5.41) is 8.83. The average Bonchev–Trinajstić information content (AvgIpc) is 3.08. The van der Waals surface area contributed by atoms with E-state index in [1.54, 1.807) is 46.8 Å². The molecule has 2 aliphatic rings. The van der Waals surface area contributed by atoms with Crippen LogP contribution in [0.15, 0.2) is 66.7 Å². The van der Waals surface area contributed by atoms with Crippen molar-refractivity contribution in [2.45, 2.75) is 95.3 Å². The van der Waals surface area contributed by atoms with Gasteiger partial charge in [-0.05, 0) is 113 Å². The zero-order valence-electron chi connectivity index (χ0n) is 29.9. The molecule has 0 saturated heterocycles. The van der Waals surface area contributed by atoms with Gasteiger partial charge in [-0.25, -0.2) is 9.59 Å². The largest absolute Gasteiger partial charge is 0.465 e. The van der Waals surface area contributed by atoms with E-state index in [4.69, 9.17) is 9.47 Å². The molecule has 270 valence electrons. The Kier molecular flexibility index (Phi) is 11.1. The van der Waals surface area contributed by atoms with Crippen molar-refractivity contribution >= 4 is 48.1 Å². The van der Waals surface area contributed by atoms with E-state index < -0.39 is 46.3 Å². The van der Waals surface area contributed by atoms with Crippen molar-refractivity contribution < 1.29 is 33.4 Å². The summed E-state index contributed by atoms with van der Waals surface area (Å²) in [5.74, 6) is -1.68. The summed E-state index contributed by atoms with van der Waals surface area (Å²) < 4.78 is 9.18. The number of carbonyl (C=O) groups excluding carboxylic acids is 5. The minimum absolute atomic E-state index is 0.0431. The molecule has 3 atom stereocenters. The standard InChI is InChI=1S/C39H46N4O7S/c1-38(2,3)50-37(48)42-32(39(4,5)51)35(46)43-22-27-20-28(40-33(44)24-14-16-25(17-15-24)36(47)49-6)19-18-26(27)21-31(43)34(45)41-30-13-9-11-23-10-7-8-12-29(23)30/h7-8,10,12,14-20,30-32,51H,9,11,13,21-22H2,1-6H3,(H,40,44)(H,41,45)(H,42,48)/t30-,31?,32?/m1/s1. The van der Waals surface area contributed by atoms with Crippen LogP contribution in [0.1, 0.15) is 96.5 Å². The summed E-state index contributed by atoms with van der Waals surface area (Å²) in [4.78, 5) is 68.1. The number of nitrogens with one attached hydrogen (secondary N) is 3. The van der Waals surface area contributed by atoms with Crippen LogP contribution in [-0.2, 0) is 38.4 Å². The SMILES string of the molecule is COC(=O)c1ccc(C(=O)Nc2ccc3c(c2)CN(C(=O)C(NC(=O)OC(C)(C)C)C(C)(C)S)C(C(=O)N[C@@H]2CCCc4ccccc42)C3)cc1. The predicted octanol–water partition coefficient (Wildman–Crippen LogP) is 5.77. The first-order valence-electron chi connectivity index (χ1n) is 17.1. The molecule has 5 rings (SSSR count). The maximum atomic E-state index is 14.5. The Morgan fingerprint density at radius 2 is 1.57 bits per heavy atom. The van der Waals surface area contributed by atoms with Crippen LogP contribution < -0.4 is 16.0 Å². The van der Waals surface area contributed by atoms with Crippen molar-refractivity contribution in [3.8, 4) is 0 Å². The van der Waals surface area contributed by atoms with E-state index in [0.29, 0.717) is 16.8 Å². The van der Waals surface area contributed by atoms with Gasteiger partial charge >= 0.3 is 12.1 Å². The Hall–Kier alpha value is -4.84. The molecule has 51 heavy (non-hydrogen) atoms. The molecule has 1 aliphatic carbocycles. The summed E-state index contributed by atoms with van der Waals surface area (Å²) in [6.45, 7) is 8.67. The number of amides is 4. The van der Waals surface area contributed by atoms with Crippen LogP contribution in [0.3, 0.4) is 0 Å². The smallest absolute Gasteiger partial charge is 0.408 e. The first-order chi connectivity index (χ1) is 24.0. The number of thiol groups is 1. The third-order valence-corrected chi connectivity index (χ3v) is 9.31. The summed E-state index contributed by atoms with van der Waals surface area (Å²) in [6, 6.07) is 17.3. The zero-order valence-corrected chi connectivity index (χ0v) is 30.8. The van der Waals surface area contributed by atoms with Crippen molar-refractivity contribution in [2.24, 2.45) is 0 Å². The lowest BCUT2D eigenvalue weighted by molar-refractivity contribution is -0.144. The number of ether oxygens (including phenoxy) is 2. The number of carbonyl (C=O) groups is 5. The summed E-state index contributed by atoms with van der Waals surface area (Å²) >= 11 is 4.69. The number of benzene rings is 3. The number of aryl methyl sites for hydroxylation is 1. The Balaban J connectivity index is 1.43. The van der Waals surface area contributed by atoms with E-state index in [2.05, 4.69) is 34.6 Å². The maximum absolute atomic E-state index is 14.5. The van der Waals surface area contributed by atoms with Crippen LogP contribution in [0.5, 0.6) is 0 Å². The Labute approximate surface area is 304 Å². The molecule has 3 N–H and O–H groups in total. The molecule has 0 saturated carbocycles. The molecule has 0 radical (unpaired) electrons. The molecule has 1 aliphatic heterocycles. The second-order valence-corrected chi connectivity index (χ2v) is 15.7. The van der Waals surface area contributed by atoms with Gasteiger partial charge in [-0.15, -0.1) is 0 Å². The Morgan fingerprint density at radius 3 is 2.24 bits per heavy atom. The molecule has 3 aromatic carbocycles. The molecule has 2 unspecified atom stereocenters. The normalized spacial score (nSPS) is 17.6. The number of rotatable bonds is 8. The number of hydrogen-bond donors (Lipinski definition) is 4. The van der Waals surface area contributed by atoms with Gasteiger partial charge in [0, 0.05) is 29.0 Å². The molecule has 12 heteroatoms. The van der Waals surface area contributed by atoms with Gasteiger partial charge in [0.25, 0.3) is 5.91 Å². The molecular formula is C39H46N4O7S. The van der Waals surface area contributed by atoms with Crippen molar-refractivity contribution in [1.82, 2.24) is 15.5 Å². The van der Waals surface area contributed by atoms with Crippen LogP contribution in [0, 0.1) is 0 Å². The lowest BCUT2D eigenvalue weighted by Gasteiger charge is -2.41. The van der Waals surface area contributed by atoms with Gasteiger partial charge < -0.3 is 30.3 Å². The molecule has 11 nitrogen and oxygen atoms in total. The van der Waals surface area contributed by atoms with Gasteiger partial charge in [0.1, 0.15) is 17.7 Å². The van der Waals surface area contributed by atoms with E-state index in [-0.39, 0.29) is 24.9 Å². The number of methoxy groups -OCH3 is 1. The van der Waals surface area contributed by atoms with E-state index in [9.17, 15) is 24.0 Å². The van der Waals surface area contributed by atoms with Crippen molar-refractivity contribution in [1.29, 1.82) is 0 Å². The van der Waals surface area contributed by atoms with Crippen LogP contribution >= 0.6 is 12.6 Å². The first-order valence-corrected chi connectivity index (χ1v) is 17.5. The van der Waals surface area contributed by atoms with Crippen LogP contribution in [0.25, 0.3) is 0 Å². The minimum Gasteiger partial charge on any atom is -0.465 e. The van der Waals surface area contributed by atoms with Crippen molar-refractivity contribution in [3.05, 3.63) is 100 Å². The van der Waals surface area contributed by atoms with E-state index >= 15 is 0 Å². The lowest BCUT2D eigenvalue weighted by atomic mass is 9.87. The topological polar surface area (TPSA) is 143 Å². The van der Waals surface area contributed by atoms with E-state index in [1.165, 1.54) is 41.8 Å². The van der Waals surface area contributed by atoms with E-state index in [0.717, 1.165) is 36.0 Å². The van der Waals surface area contributed by atoms with Crippen molar-refractivity contribution in [2.75, 3.05) is 12.4 Å². The fourth-order valence-corrected chi connectivity index (χ4v) is 6.69. The third-order valence-electron chi connectivity index (χ3n) is 9.05. The van der Waals surface area contributed by atoms with Crippen LogP contribution in [0.4, 0.5) is 10.5 Å². The number of esters is 1. The lowest BCUT2D eigenvalue weighted by Crippen LogP contribution is -2.62. The highest BCUT2D eigenvalue weighted by molar-refractivity contribution is 7.81. The monoisotopic (exact) mass is 714 g/mol. The van der Waals surface area contributed by atoms with E-state index in [1.807, 2.05) is 24.3 Å². The van der Waals surface area contributed by atoms with Gasteiger partial charge in [-0.3, -0.25) is 14.4 Å². The molecule has 0 aromatic heterocycles. The number of hydrogen-bond acceptors (Lipinski definition) is 8. The predicted molar refractivity (Wildman–Crippen MR) is 197 cm³/mol. The quantitative estimate of drug-likeness (QED) is 0.171. The molecule has 4 amide bonds. The maximum Gasteiger partial charge on any atom is 0.408 e. The molecular weight excluding hydrogens is 669 g/mol. The number of alkyl carbamates (subject to hydrolysis) is 1. The molecule has 0 fully saturated rings. The van der Waals surface area contributed by atoms with Gasteiger partial charge in [0.15, 0.2) is 0 Å². The summed E-state index contributed by atoms with van der Waals surface area (Å²) in [5.41, 5.74) is 4.21. The van der Waals surface area contributed by atoms with Crippen LogP contribution in [-0.4, -0.2) is 64.2 Å². The van der Waals surface area contributed by atoms with Gasteiger partial charge in [-0.2, -0.15) is 12.6 Å². The highest BCUT2D eigenvalue weighted by Crippen LogP contribution is 2.33. The summed E-state index contributed by atoms with van der Waals surface area (Å²) in [7, 11) is 1.29. The second kappa shape index (κ2) is 15.2. The zero-order chi connectivity index (χ0) is 37.1. The highest BCUT2D eigenvalue weighted by atomic mass is 32.1. The third kappa shape index (κ3) is 9.10. The van der Waals surface area contributed by atoms with Crippen LogP contribution in [0.2, 0.25) is 0 Å². The van der Waals surface area contributed by atoms with Gasteiger partial charge in [0.2, 0.25) is 11.8 Å². The van der Waals surface area contributed by atoms with Gasteiger partial charge in [0.05, 0.1) is 18.7 Å². The average molecular weight is 715 g/mol. The molecule has 0 bridgehead atoms. The Morgan fingerprint density at radius 1 is 0.882 bits per heavy atom. The number of anilines is 1. The fourth-order valence-electron chi connectivity index (χ4n) is 6.51. The van der Waals surface area contributed by atoms with Crippen molar-refractivity contribution in [3.63, 3.8) is 0 Å². The highest BCUT2D eigenvalue weighted by Gasteiger charge is 2.43. The van der Waals surface area contributed by atoms with Gasteiger partial charge in [-0.1, -0.05) is 30.3 Å². The minimum atomic E-state index is -1.14. The molecule has 1 heterocycles. The molecule has 3 aromatic rings. The summed E-state index contributed by atoms with van der Waals surface area (Å²) in [6.07, 6.45) is 2.09.